The molecule has 3 nitrogen and oxygen atoms in total. The van der Waals surface area contributed by atoms with Gasteiger partial charge in [-0.15, -0.1) is 11.8 Å². The van der Waals surface area contributed by atoms with Crippen LogP contribution in [0.4, 0.5) is 0 Å². The van der Waals surface area contributed by atoms with Gasteiger partial charge in [0, 0.05) is 4.90 Å². The molecule has 0 bridgehead atoms. The Morgan fingerprint density at radius 2 is 2.40 bits per heavy atom. The molecule has 0 unspecified atom stereocenters. The Morgan fingerprint density at radius 1 is 1.67 bits per heavy atom. The summed E-state index contributed by atoms with van der Waals surface area (Å²) in [4.78, 5) is 11.7. The Bertz CT molecular complexity index is 414. The number of carbonyl (C=O) groups excluding carboxylic acids is 1. The topological polar surface area (TPSA) is 50.1 Å². The normalized spacial score (nSPS) is 9.40. The van der Waals surface area contributed by atoms with E-state index in [2.05, 4.69) is 4.74 Å². The summed E-state index contributed by atoms with van der Waals surface area (Å²) in [6.45, 7) is 0. The van der Waals surface area contributed by atoms with Gasteiger partial charge in [-0.25, -0.2) is 0 Å². The van der Waals surface area contributed by atoms with Crippen molar-refractivity contribution in [2.45, 2.75) is 4.90 Å². The second kappa shape index (κ2) is 5.64. The van der Waals surface area contributed by atoms with Gasteiger partial charge in [0.15, 0.2) is 0 Å². The Kier molecular flexibility index (Phi) is 4.47. The van der Waals surface area contributed by atoms with E-state index >= 15 is 0 Å². The fourth-order valence-corrected chi connectivity index (χ4v) is 1.93. The molecule has 0 amide bonds. The van der Waals surface area contributed by atoms with Crippen LogP contribution in [0.5, 0.6) is 0 Å². The van der Waals surface area contributed by atoms with E-state index in [-0.39, 0.29) is 11.7 Å². The zero-order valence-electron chi connectivity index (χ0n) is 7.99. The molecule has 0 heterocycles. The van der Waals surface area contributed by atoms with Crippen LogP contribution in [0, 0.1) is 11.3 Å². The molecule has 0 fully saturated rings. The number of methoxy groups -OCH3 is 1. The summed E-state index contributed by atoms with van der Waals surface area (Å²) in [5.41, 5.74) is 0.430. The Hall–Kier alpha value is -1.18. The molecule has 0 aliphatic heterocycles. The molecular formula is C10H8ClNO2S. The number of hydrogen-bond acceptors (Lipinski definition) is 4. The minimum atomic E-state index is -0.291. The van der Waals surface area contributed by atoms with Gasteiger partial charge in [-0.2, -0.15) is 5.26 Å². The third-order valence-electron chi connectivity index (χ3n) is 1.65. The van der Waals surface area contributed by atoms with Gasteiger partial charge < -0.3 is 4.74 Å². The first kappa shape index (κ1) is 11.9. The number of ether oxygens (including phenoxy) is 1. The molecule has 5 heteroatoms. The van der Waals surface area contributed by atoms with Crippen LogP contribution in [-0.4, -0.2) is 18.8 Å². The molecule has 15 heavy (non-hydrogen) atoms. The standard InChI is InChI=1S/C10H8ClNO2S/c1-14-10(13)6-15-8-3-2-7(5-12)9(11)4-8/h2-4H,6H2,1H3. The van der Waals surface area contributed by atoms with Gasteiger partial charge in [0.1, 0.15) is 6.07 Å². The summed E-state index contributed by atoms with van der Waals surface area (Å²) in [6.07, 6.45) is 0. The summed E-state index contributed by atoms with van der Waals surface area (Å²) in [7, 11) is 1.34. The molecule has 0 aliphatic rings. The number of rotatable bonds is 3. The average Bonchev–Trinajstić information content (AvgIpc) is 2.26. The maximum absolute atomic E-state index is 10.9. The van der Waals surface area contributed by atoms with E-state index < -0.39 is 0 Å². The van der Waals surface area contributed by atoms with Crippen LogP contribution in [0.1, 0.15) is 5.56 Å². The number of benzene rings is 1. The molecule has 1 aromatic carbocycles. The molecule has 0 saturated heterocycles. The van der Waals surface area contributed by atoms with Crippen molar-refractivity contribution in [3.05, 3.63) is 28.8 Å². The van der Waals surface area contributed by atoms with Crippen molar-refractivity contribution in [3.63, 3.8) is 0 Å². The molecule has 1 aromatic rings. The zero-order chi connectivity index (χ0) is 11.3. The van der Waals surface area contributed by atoms with Crippen molar-refractivity contribution in [2.24, 2.45) is 0 Å². The predicted molar refractivity (Wildman–Crippen MR) is 58.9 cm³/mol. The summed E-state index contributed by atoms with van der Waals surface area (Å²) >= 11 is 7.14. The maximum Gasteiger partial charge on any atom is 0.315 e. The molecular weight excluding hydrogens is 234 g/mol. The lowest BCUT2D eigenvalue weighted by molar-refractivity contribution is -0.137. The number of carbonyl (C=O) groups is 1. The minimum absolute atomic E-state index is 0.235. The molecule has 1 rings (SSSR count). The number of thioether (sulfide) groups is 1. The fraction of sp³-hybridized carbons (Fsp3) is 0.200. The molecule has 0 aromatic heterocycles. The van der Waals surface area contributed by atoms with Crippen molar-refractivity contribution in [1.82, 2.24) is 0 Å². The summed E-state index contributed by atoms with van der Waals surface area (Å²) in [5.74, 6) is -0.0564. The van der Waals surface area contributed by atoms with Crippen LogP contribution in [0.2, 0.25) is 5.02 Å². The van der Waals surface area contributed by atoms with Crippen molar-refractivity contribution in [3.8, 4) is 6.07 Å². The Balaban J connectivity index is 2.68. The molecule has 0 radical (unpaired) electrons. The van der Waals surface area contributed by atoms with E-state index in [1.165, 1.54) is 18.9 Å². The van der Waals surface area contributed by atoms with Gasteiger partial charge in [0.25, 0.3) is 0 Å². The van der Waals surface area contributed by atoms with Gasteiger partial charge in [0.05, 0.1) is 23.4 Å². The molecule has 0 atom stereocenters. The van der Waals surface area contributed by atoms with E-state index in [0.717, 1.165) is 4.90 Å². The third kappa shape index (κ3) is 3.46. The summed E-state index contributed by atoms with van der Waals surface area (Å²) in [5, 5.41) is 9.05. The van der Waals surface area contributed by atoms with Crippen molar-refractivity contribution in [2.75, 3.05) is 12.9 Å². The molecule has 0 N–H and O–H groups in total. The smallest absolute Gasteiger partial charge is 0.315 e. The number of halogens is 1. The van der Waals surface area contributed by atoms with E-state index in [0.29, 0.717) is 10.6 Å². The highest BCUT2D eigenvalue weighted by Gasteiger charge is 2.04. The minimum Gasteiger partial charge on any atom is -0.468 e. The van der Waals surface area contributed by atoms with Crippen LogP contribution in [0.15, 0.2) is 23.1 Å². The van der Waals surface area contributed by atoms with E-state index in [1.54, 1.807) is 18.2 Å². The first-order valence-electron chi connectivity index (χ1n) is 4.06. The number of nitrogens with zero attached hydrogens (tertiary/aromatic N) is 1. The monoisotopic (exact) mass is 241 g/mol. The molecule has 0 spiro atoms. The second-order valence-electron chi connectivity index (χ2n) is 2.62. The highest BCUT2D eigenvalue weighted by molar-refractivity contribution is 8.00. The van der Waals surface area contributed by atoms with Crippen LogP contribution in [0.25, 0.3) is 0 Å². The van der Waals surface area contributed by atoms with Crippen LogP contribution in [-0.2, 0) is 9.53 Å². The second-order valence-corrected chi connectivity index (χ2v) is 4.07. The summed E-state index contributed by atoms with van der Waals surface area (Å²) in [6, 6.07) is 7.00. The lowest BCUT2D eigenvalue weighted by Gasteiger charge is -2.01. The lowest BCUT2D eigenvalue weighted by Crippen LogP contribution is -2.02. The van der Waals surface area contributed by atoms with Gasteiger partial charge in [-0.05, 0) is 18.2 Å². The van der Waals surface area contributed by atoms with Gasteiger partial charge in [-0.1, -0.05) is 11.6 Å². The Morgan fingerprint density at radius 3 is 2.93 bits per heavy atom. The van der Waals surface area contributed by atoms with E-state index in [9.17, 15) is 4.79 Å². The predicted octanol–water partition coefficient (Wildman–Crippen LogP) is 2.48. The van der Waals surface area contributed by atoms with Crippen molar-refractivity contribution < 1.29 is 9.53 Å². The van der Waals surface area contributed by atoms with Crippen LogP contribution < -0.4 is 0 Å². The van der Waals surface area contributed by atoms with Crippen LogP contribution >= 0.6 is 23.4 Å². The van der Waals surface area contributed by atoms with E-state index in [4.69, 9.17) is 16.9 Å². The molecule has 78 valence electrons. The largest absolute Gasteiger partial charge is 0.468 e. The molecule has 0 aliphatic carbocycles. The highest BCUT2D eigenvalue weighted by Crippen LogP contribution is 2.24. The fourth-order valence-electron chi connectivity index (χ4n) is 0.877. The van der Waals surface area contributed by atoms with Gasteiger partial charge in [-0.3, -0.25) is 4.79 Å². The Labute approximate surface area is 97.0 Å². The van der Waals surface area contributed by atoms with Crippen molar-refractivity contribution >= 4 is 29.3 Å². The van der Waals surface area contributed by atoms with Gasteiger partial charge >= 0.3 is 5.97 Å². The summed E-state index contributed by atoms with van der Waals surface area (Å²) < 4.78 is 4.50. The average molecular weight is 242 g/mol. The van der Waals surface area contributed by atoms with Crippen molar-refractivity contribution in [1.29, 1.82) is 5.26 Å². The lowest BCUT2D eigenvalue weighted by atomic mass is 10.2. The van der Waals surface area contributed by atoms with Crippen LogP contribution in [0.3, 0.4) is 0 Å². The highest BCUT2D eigenvalue weighted by atomic mass is 35.5. The molecule has 0 saturated carbocycles. The number of nitriles is 1. The third-order valence-corrected chi connectivity index (χ3v) is 2.93. The maximum atomic E-state index is 10.9. The zero-order valence-corrected chi connectivity index (χ0v) is 9.56. The SMILES string of the molecule is COC(=O)CSc1ccc(C#N)c(Cl)c1. The van der Waals surface area contributed by atoms with Gasteiger partial charge in [0.2, 0.25) is 0 Å². The number of esters is 1. The van der Waals surface area contributed by atoms with E-state index in [1.807, 2.05) is 6.07 Å². The first-order chi connectivity index (χ1) is 7.17. The number of hydrogen-bond donors (Lipinski definition) is 0. The quantitative estimate of drug-likeness (QED) is 0.603. The first-order valence-corrected chi connectivity index (χ1v) is 5.43.